The van der Waals surface area contributed by atoms with Crippen molar-refractivity contribution in [3.63, 3.8) is 0 Å². The molecule has 0 aromatic carbocycles. The molecule has 0 saturated heterocycles. The van der Waals surface area contributed by atoms with Crippen LogP contribution in [0.2, 0.25) is 0 Å². The van der Waals surface area contributed by atoms with E-state index >= 15 is 0 Å². The van der Waals surface area contributed by atoms with E-state index < -0.39 is 5.97 Å². The summed E-state index contributed by atoms with van der Waals surface area (Å²) >= 11 is 0. The van der Waals surface area contributed by atoms with Crippen LogP contribution >= 0.6 is 0 Å². The first kappa shape index (κ1) is 21.0. The summed E-state index contributed by atoms with van der Waals surface area (Å²) in [5.41, 5.74) is 0. The Labute approximate surface area is 133 Å². The normalized spacial score (nSPS) is 12.1. The molecule has 0 bridgehead atoms. The van der Waals surface area contributed by atoms with Gasteiger partial charge < -0.3 is 24.5 Å². The van der Waals surface area contributed by atoms with Gasteiger partial charge in [-0.05, 0) is 12.8 Å². The van der Waals surface area contributed by atoms with E-state index in [1.54, 1.807) is 0 Å². The molecule has 0 saturated carbocycles. The minimum absolute atomic E-state index is 0.107. The fourth-order valence-electron chi connectivity index (χ4n) is 2.39. The number of aliphatic hydroxyl groups is 2. The van der Waals surface area contributed by atoms with E-state index in [1.165, 1.54) is 19.3 Å². The second-order valence-electron chi connectivity index (χ2n) is 5.55. The monoisotopic (exact) mass is 318 g/mol. The lowest BCUT2D eigenvalue weighted by Gasteiger charge is -2.36. The fourth-order valence-corrected chi connectivity index (χ4v) is 2.39. The number of carboxylic acids is 1. The standard InChI is InChI=1S/C16H31NO5/c1-2-3-4-5-6-7-13-22-14-10-17(8-11-18,9-12-19)15-16(20)21/h6-7,18-19H,2-5,8-15H2,1H3/p+1/b7-6+. The predicted molar refractivity (Wildman–Crippen MR) is 85.6 cm³/mol. The lowest BCUT2D eigenvalue weighted by atomic mass is 10.2. The summed E-state index contributed by atoms with van der Waals surface area (Å²) < 4.78 is 5.65. The van der Waals surface area contributed by atoms with Crippen molar-refractivity contribution in [1.29, 1.82) is 0 Å². The number of rotatable bonds is 15. The molecule has 0 rings (SSSR count). The van der Waals surface area contributed by atoms with Gasteiger partial charge in [0.1, 0.15) is 19.6 Å². The maximum atomic E-state index is 11.0. The Morgan fingerprint density at radius 3 is 2.32 bits per heavy atom. The molecule has 0 amide bonds. The third-order valence-corrected chi connectivity index (χ3v) is 3.68. The van der Waals surface area contributed by atoms with Crippen LogP contribution < -0.4 is 0 Å². The zero-order chi connectivity index (χ0) is 16.7. The molecule has 0 radical (unpaired) electrons. The van der Waals surface area contributed by atoms with Crippen LogP contribution in [-0.2, 0) is 9.53 Å². The highest BCUT2D eigenvalue weighted by Crippen LogP contribution is 2.06. The summed E-state index contributed by atoms with van der Waals surface area (Å²) in [6.45, 7) is 3.85. The summed E-state index contributed by atoms with van der Waals surface area (Å²) in [5, 5.41) is 27.3. The quantitative estimate of drug-likeness (QED) is 0.238. The van der Waals surface area contributed by atoms with E-state index in [4.69, 9.17) is 20.1 Å². The summed E-state index contributed by atoms with van der Waals surface area (Å²) in [5.74, 6) is -0.933. The van der Waals surface area contributed by atoms with Crippen molar-refractivity contribution < 1.29 is 29.3 Å². The van der Waals surface area contributed by atoms with E-state index in [-0.39, 0.29) is 24.2 Å². The zero-order valence-corrected chi connectivity index (χ0v) is 13.7. The third kappa shape index (κ3) is 10.7. The van der Waals surface area contributed by atoms with Gasteiger partial charge in [0.25, 0.3) is 0 Å². The molecule has 0 aromatic rings. The van der Waals surface area contributed by atoms with Gasteiger partial charge in [-0.15, -0.1) is 0 Å². The number of quaternary nitrogens is 1. The van der Waals surface area contributed by atoms with Crippen molar-refractivity contribution >= 4 is 5.97 Å². The van der Waals surface area contributed by atoms with Gasteiger partial charge in [-0.25, -0.2) is 4.79 Å². The number of carbonyl (C=O) groups is 1. The molecule has 3 N–H and O–H groups in total. The predicted octanol–water partition coefficient (Wildman–Crippen LogP) is 1.03. The first-order chi connectivity index (χ1) is 10.6. The summed E-state index contributed by atoms with van der Waals surface area (Å²) in [6.07, 6.45) is 8.80. The molecule has 0 heterocycles. The summed E-state index contributed by atoms with van der Waals surface area (Å²) in [6, 6.07) is 0. The molecule has 130 valence electrons. The maximum Gasteiger partial charge on any atom is 0.359 e. The largest absolute Gasteiger partial charge is 0.477 e. The molecule has 0 aliphatic rings. The molecule has 6 heteroatoms. The van der Waals surface area contributed by atoms with E-state index in [9.17, 15) is 4.79 Å². The molecule has 6 nitrogen and oxygen atoms in total. The lowest BCUT2D eigenvalue weighted by Crippen LogP contribution is -2.56. The Morgan fingerprint density at radius 1 is 1.09 bits per heavy atom. The number of unbranched alkanes of at least 4 members (excludes halogenated alkanes) is 3. The van der Waals surface area contributed by atoms with Crippen LogP contribution in [0.5, 0.6) is 0 Å². The van der Waals surface area contributed by atoms with Gasteiger partial charge in [0.15, 0.2) is 6.54 Å². The van der Waals surface area contributed by atoms with Crippen LogP contribution in [0.25, 0.3) is 0 Å². The molecule has 0 unspecified atom stereocenters. The molecule has 22 heavy (non-hydrogen) atoms. The Morgan fingerprint density at radius 2 is 1.77 bits per heavy atom. The number of hydrogen-bond donors (Lipinski definition) is 3. The SMILES string of the molecule is CCCCC/C=C/COCC[N+](CCO)(CCO)CC(=O)O. The number of hydrogen-bond acceptors (Lipinski definition) is 4. The minimum atomic E-state index is -0.933. The van der Waals surface area contributed by atoms with E-state index in [0.717, 1.165) is 6.42 Å². The van der Waals surface area contributed by atoms with Gasteiger partial charge in [0.2, 0.25) is 0 Å². The minimum Gasteiger partial charge on any atom is -0.477 e. The molecule has 0 aliphatic carbocycles. The summed E-state index contributed by atoms with van der Waals surface area (Å²) in [7, 11) is 0. The third-order valence-electron chi connectivity index (χ3n) is 3.68. The molecule has 0 spiro atoms. The zero-order valence-electron chi connectivity index (χ0n) is 13.7. The van der Waals surface area contributed by atoms with E-state index in [0.29, 0.717) is 32.8 Å². The fraction of sp³-hybridized carbons (Fsp3) is 0.812. The highest BCUT2D eigenvalue weighted by atomic mass is 16.5. The van der Waals surface area contributed by atoms with E-state index in [2.05, 4.69) is 13.0 Å². The maximum absolute atomic E-state index is 11.0. The van der Waals surface area contributed by atoms with Crippen LogP contribution in [0, 0.1) is 0 Å². The van der Waals surface area contributed by atoms with Gasteiger partial charge in [-0.3, -0.25) is 0 Å². The number of allylic oxidation sites excluding steroid dienone is 1. The van der Waals surface area contributed by atoms with Crippen molar-refractivity contribution in [2.75, 3.05) is 52.6 Å². The van der Waals surface area contributed by atoms with Crippen LogP contribution in [0.3, 0.4) is 0 Å². The van der Waals surface area contributed by atoms with Gasteiger partial charge in [0.05, 0.1) is 26.4 Å². The van der Waals surface area contributed by atoms with Gasteiger partial charge in [-0.2, -0.15) is 0 Å². The molecule has 0 fully saturated rings. The van der Waals surface area contributed by atoms with Crippen LogP contribution in [0.15, 0.2) is 12.2 Å². The Bertz CT molecular complexity index is 301. The van der Waals surface area contributed by atoms with Crippen molar-refractivity contribution in [3.8, 4) is 0 Å². The molecular formula is C16H32NO5+. The first-order valence-electron chi connectivity index (χ1n) is 8.11. The van der Waals surface area contributed by atoms with Crippen LogP contribution in [0.1, 0.15) is 32.6 Å². The van der Waals surface area contributed by atoms with Crippen molar-refractivity contribution in [2.24, 2.45) is 0 Å². The first-order valence-corrected chi connectivity index (χ1v) is 8.11. The second-order valence-corrected chi connectivity index (χ2v) is 5.55. The smallest absolute Gasteiger partial charge is 0.359 e. The number of aliphatic carboxylic acids is 1. The van der Waals surface area contributed by atoms with Gasteiger partial charge in [0, 0.05) is 0 Å². The van der Waals surface area contributed by atoms with Crippen molar-refractivity contribution in [1.82, 2.24) is 0 Å². The van der Waals surface area contributed by atoms with Crippen LogP contribution in [0.4, 0.5) is 0 Å². The van der Waals surface area contributed by atoms with Gasteiger partial charge >= 0.3 is 5.97 Å². The van der Waals surface area contributed by atoms with E-state index in [1.807, 2.05) is 6.08 Å². The molecule has 0 atom stereocenters. The molecule has 0 aromatic heterocycles. The Kier molecular flexibility index (Phi) is 13.1. The Balaban J connectivity index is 4.08. The van der Waals surface area contributed by atoms with Crippen molar-refractivity contribution in [2.45, 2.75) is 32.6 Å². The van der Waals surface area contributed by atoms with Gasteiger partial charge in [-0.1, -0.05) is 31.9 Å². The second kappa shape index (κ2) is 13.7. The highest BCUT2D eigenvalue weighted by Gasteiger charge is 2.29. The average Bonchev–Trinajstić information content (AvgIpc) is 2.45. The number of nitrogens with zero attached hydrogens (tertiary/aromatic N) is 1. The van der Waals surface area contributed by atoms with Crippen LogP contribution in [-0.4, -0.2) is 78.4 Å². The molecular weight excluding hydrogens is 286 g/mol. The highest BCUT2D eigenvalue weighted by molar-refractivity contribution is 5.67. The van der Waals surface area contributed by atoms with Crippen molar-refractivity contribution in [3.05, 3.63) is 12.2 Å². The Hall–Kier alpha value is -0.950. The topological polar surface area (TPSA) is 87.0 Å². The molecule has 0 aliphatic heterocycles. The summed E-state index contributed by atoms with van der Waals surface area (Å²) in [4.78, 5) is 11.0. The number of carboxylic acid groups (broad SMARTS) is 1. The average molecular weight is 318 g/mol. The number of ether oxygens (including phenoxy) is 1. The number of aliphatic hydroxyl groups excluding tert-OH is 2. The lowest BCUT2D eigenvalue weighted by molar-refractivity contribution is -0.922.